The van der Waals surface area contributed by atoms with E-state index in [1.165, 1.54) is 0 Å². The van der Waals surface area contributed by atoms with Gasteiger partial charge in [0.2, 0.25) is 0 Å². The summed E-state index contributed by atoms with van der Waals surface area (Å²) in [5.74, 6) is 5.61. The molecule has 0 aliphatic heterocycles. The first-order valence-corrected chi connectivity index (χ1v) is 9.36. The summed E-state index contributed by atoms with van der Waals surface area (Å²) in [6.07, 6.45) is 11.2. The molecule has 0 saturated carbocycles. The Morgan fingerprint density at radius 3 is 1.92 bits per heavy atom. The van der Waals surface area contributed by atoms with Crippen LogP contribution in [0.5, 0.6) is 0 Å². The maximum atomic E-state index is 11.4. The normalized spacial score (nSPS) is 9.88. The molecule has 0 aromatic rings. The molecule has 0 rings (SSSR count). The number of hydrogen-bond acceptors (Lipinski definition) is 2. The Kier molecular flexibility index (Phi) is 16.4. The van der Waals surface area contributed by atoms with Gasteiger partial charge in [0.1, 0.15) is 0 Å². The van der Waals surface area contributed by atoms with Crippen molar-refractivity contribution in [1.29, 1.82) is 0 Å². The van der Waals surface area contributed by atoms with E-state index in [4.69, 9.17) is 5.11 Å². The molecule has 0 heterocycles. The third kappa shape index (κ3) is 18.3. The summed E-state index contributed by atoms with van der Waals surface area (Å²) in [6.45, 7) is 3.60. The number of carbonyl (C=O) groups excluding carboxylic acids is 1. The largest absolute Gasteiger partial charge is 0.481 e. The third-order valence-corrected chi connectivity index (χ3v) is 3.65. The first-order chi connectivity index (χ1) is 11.7. The first-order valence-electron chi connectivity index (χ1n) is 9.36. The van der Waals surface area contributed by atoms with Gasteiger partial charge in [0.05, 0.1) is 0 Å². The summed E-state index contributed by atoms with van der Waals surface area (Å²) in [5.41, 5.74) is 0. The Balaban J connectivity index is 3.27. The van der Waals surface area contributed by atoms with E-state index >= 15 is 0 Å². The van der Waals surface area contributed by atoms with E-state index in [1.807, 2.05) is 0 Å². The number of carbonyl (C=O) groups is 2. The molecular formula is C19H34N2O3. The lowest BCUT2D eigenvalue weighted by Gasteiger charge is -2.06. The zero-order valence-electron chi connectivity index (χ0n) is 15.2. The van der Waals surface area contributed by atoms with E-state index in [9.17, 15) is 9.59 Å². The van der Waals surface area contributed by atoms with Crippen LogP contribution in [0.4, 0.5) is 4.79 Å². The van der Waals surface area contributed by atoms with Gasteiger partial charge >= 0.3 is 12.0 Å². The van der Waals surface area contributed by atoms with Crippen molar-refractivity contribution in [2.24, 2.45) is 0 Å². The maximum absolute atomic E-state index is 11.4. The van der Waals surface area contributed by atoms with E-state index < -0.39 is 5.97 Å². The topological polar surface area (TPSA) is 78.4 Å². The highest BCUT2D eigenvalue weighted by atomic mass is 16.4. The first kappa shape index (κ1) is 22.3. The lowest BCUT2D eigenvalue weighted by Crippen LogP contribution is -2.36. The summed E-state index contributed by atoms with van der Waals surface area (Å²) in [4.78, 5) is 21.8. The number of nitrogens with one attached hydrogen (secondary N) is 2. The zero-order chi connectivity index (χ0) is 17.9. The van der Waals surface area contributed by atoms with Gasteiger partial charge in [-0.05, 0) is 32.1 Å². The van der Waals surface area contributed by atoms with Crippen LogP contribution >= 0.6 is 0 Å². The Morgan fingerprint density at radius 1 is 0.792 bits per heavy atom. The Hall–Kier alpha value is -1.70. The number of unbranched alkanes of at least 4 members (excludes halogenated alkanes) is 8. The molecule has 5 heteroatoms. The summed E-state index contributed by atoms with van der Waals surface area (Å²) in [5, 5.41) is 14.2. The van der Waals surface area contributed by atoms with Gasteiger partial charge in [-0.3, -0.25) is 4.79 Å². The number of carboxylic acid groups (broad SMARTS) is 1. The molecule has 5 nitrogen and oxygen atoms in total. The number of rotatable bonds is 14. The minimum atomic E-state index is -0.710. The maximum Gasteiger partial charge on any atom is 0.314 e. The van der Waals surface area contributed by atoms with Gasteiger partial charge in [0.15, 0.2) is 0 Å². The predicted molar refractivity (Wildman–Crippen MR) is 97.9 cm³/mol. The van der Waals surface area contributed by atoms with Crippen molar-refractivity contribution in [3.8, 4) is 11.8 Å². The van der Waals surface area contributed by atoms with E-state index in [0.29, 0.717) is 6.54 Å². The fourth-order valence-electron chi connectivity index (χ4n) is 2.20. The van der Waals surface area contributed by atoms with Gasteiger partial charge in [-0.25, -0.2) is 4.79 Å². The fraction of sp³-hybridized carbons (Fsp3) is 0.789. The molecule has 0 radical (unpaired) electrons. The van der Waals surface area contributed by atoms with E-state index in [2.05, 4.69) is 29.4 Å². The van der Waals surface area contributed by atoms with E-state index in [0.717, 1.165) is 77.2 Å². The van der Waals surface area contributed by atoms with Gasteiger partial charge in [-0.2, -0.15) is 0 Å². The van der Waals surface area contributed by atoms with Crippen LogP contribution in [0.15, 0.2) is 0 Å². The monoisotopic (exact) mass is 338 g/mol. The fourth-order valence-corrected chi connectivity index (χ4v) is 2.20. The molecule has 0 unspecified atom stereocenters. The number of carboxylic acids is 1. The molecule has 0 saturated heterocycles. The second-order valence-corrected chi connectivity index (χ2v) is 6.01. The number of amides is 2. The molecule has 0 aliphatic carbocycles. The zero-order valence-corrected chi connectivity index (χ0v) is 15.2. The standard InChI is InChI=1S/C19H34N2O3/c1-2-3-13-16-20-19(24)21-17-14-11-9-7-5-4-6-8-10-12-15-18(22)23/h2-4,6,8-17H2,1H3,(H,22,23)(H2,20,21,24). The second-order valence-electron chi connectivity index (χ2n) is 6.01. The lowest BCUT2D eigenvalue weighted by atomic mass is 10.1. The molecule has 0 fully saturated rings. The average molecular weight is 338 g/mol. The highest BCUT2D eigenvalue weighted by molar-refractivity contribution is 5.73. The smallest absolute Gasteiger partial charge is 0.314 e. The molecule has 3 N–H and O–H groups in total. The van der Waals surface area contributed by atoms with Crippen molar-refractivity contribution in [2.45, 2.75) is 84.0 Å². The van der Waals surface area contributed by atoms with Crippen LogP contribution in [-0.2, 0) is 4.79 Å². The van der Waals surface area contributed by atoms with Gasteiger partial charge in [-0.15, -0.1) is 11.8 Å². The van der Waals surface area contributed by atoms with Gasteiger partial charge < -0.3 is 15.7 Å². The lowest BCUT2D eigenvalue weighted by molar-refractivity contribution is -0.137. The van der Waals surface area contributed by atoms with Crippen LogP contribution in [-0.4, -0.2) is 30.2 Å². The molecule has 0 atom stereocenters. The number of aliphatic carboxylic acids is 1. The van der Waals surface area contributed by atoms with Crippen molar-refractivity contribution < 1.29 is 14.7 Å². The summed E-state index contributed by atoms with van der Waals surface area (Å²) >= 11 is 0. The van der Waals surface area contributed by atoms with Crippen molar-refractivity contribution >= 4 is 12.0 Å². The third-order valence-electron chi connectivity index (χ3n) is 3.65. The second kappa shape index (κ2) is 17.7. The summed E-state index contributed by atoms with van der Waals surface area (Å²) in [6, 6.07) is -0.0694. The molecule has 0 aliphatic rings. The highest BCUT2D eigenvalue weighted by Gasteiger charge is 1.97. The molecule has 24 heavy (non-hydrogen) atoms. The number of hydrogen-bond donors (Lipinski definition) is 3. The van der Waals surface area contributed by atoms with Crippen LogP contribution in [0.1, 0.15) is 84.0 Å². The van der Waals surface area contributed by atoms with Crippen molar-refractivity contribution in [3.63, 3.8) is 0 Å². The molecule has 138 valence electrons. The highest BCUT2D eigenvalue weighted by Crippen LogP contribution is 2.04. The predicted octanol–water partition coefficient (Wildman–Crippen LogP) is 4.07. The van der Waals surface area contributed by atoms with Crippen molar-refractivity contribution in [2.75, 3.05) is 13.1 Å². The van der Waals surface area contributed by atoms with E-state index in [1.54, 1.807) is 0 Å². The summed E-state index contributed by atoms with van der Waals surface area (Å²) < 4.78 is 0. The summed E-state index contributed by atoms with van der Waals surface area (Å²) in [7, 11) is 0. The molecule has 0 bridgehead atoms. The van der Waals surface area contributed by atoms with Gasteiger partial charge in [0, 0.05) is 32.4 Å². The number of urea groups is 1. The minimum Gasteiger partial charge on any atom is -0.481 e. The molecule has 0 aromatic heterocycles. The van der Waals surface area contributed by atoms with Crippen LogP contribution in [0.2, 0.25) is 0 Å². The van der Waals surface area contributed by atoms with Gasteiger partial charge in [-0.1, -0.05) is 32.6 Å². The van der Waals surface area contributed by atoms with Crippen LogP contribution in [0.3, 0.4) is 0 Å². The van der Waals surface area contributed by atoms with Crippen molar-refractivity contribution in [3.05, 3.63) is 0 Å². The molecule has 0 aromatic carbocycles. The minimum absolute atomic E-state index is 0.0694. The average Bonchev–Trinajstić information content (AvgIpc) is 2.55. The van der Waals surface area contributed by atoms with E-state index in [-0.39, 0.29) is 12.5 Å². The van der Waals surface area contributed by atoms with Crippen LogP contribution in [0.25, 0.3) is 0 Å². The molecule has 2 amide bonds. The Bertz CT molecular complexity index is 386. The Labute approximate surface area is 147 Å². The molecule has 0 spiro atoms. The molecular weight excluding hydrogens is 304 g/mol. The van der Waals surface area contributed by atoms with Crippen molar-refractivity contribution in [1.82, 2.24) is 10.6 Å². The van der Waals surface area contributed by atoms with Gasteiger partial charge in [0.25, 0.3) is 0 Å². The quantitative estimate of drug-likeness (QED) is 0.330. The Morgan fingerprint density at radius 2 is 1.33 bits per heavy atom. The van der Waals surface area contributed by atoms with Crippen LogP contribution in [0, 0.1) is 11.8 Å². The van der Waals surface area contributed by atoms with Crippen LogP contribution < -0.4 is 10.6 Å². The SMILES string of the molecule is CCCCCNC(=O)NCCCCC#CCCCCCCC(=O)O.